The molecule has 1 amide bonds. The molecule has 1 N–H and O–H groups in total. The van der Waals surface area contributed by atoms with Gasteiger partial charge in [-0.2, -0.15) is 0 Å². The lowest BCUT2D eigenvalue weighted by molar-refractivity contribution is -0.120. The first kappa shape index (κ1) is 15.7. The smallest absolute Gasteiger partial charge is 0.224 e. The van der Waals surface area contributed by atoms with Crippen molar-refractivity contribution >= 4 is 15.7 Å². The molecular weight excluding hydrogens is 310 g/mol. The van der Waals surface area contributed by atoms with Crippen LogP contribution in [0, 0.1) is 0 Å². The van der Waals surface area contributed by atoms with Crippen LogP contribution in [0.3, 0.4) is 0 Å². The molecule has 0 aliphatic carbocycles. The molecule has 1 saturated heterocycles. The van der Waals surface area contributed by atoms with Crippen LogP contribution in [0.25, 0.3) is 11.1 Å². The molecule has 23 heavy (non-hydrogen) atoms. The highest BCUT2D eigenvalue weighted by atomic mass is 32.2. The Hall–Kier alpha value is -2.14. The van der Waals surface area contributed by atoms with E-state index < -0.39 is 9.84 Å². The van der Waals surface area contributed by atoms with Crippen molar-refractivity contribution in [1.82, 2.24) is 5.32 Å². The van der Waals surface area contributed by atoms with Crippen molar-refractivity contribution in [3.63, 3.8) is 0 Å². The largest absolute Gasteiger partial charge is 0.352 e. The molecule has 120 valence electrons. The monoisotopic (exact) mass is 329 g/mol. The van der Waals surface area contributed by atoms with Gasteiger partial charge >= 0.3 is 0 Å². The predicted octanol–water partition coefficient (Wildman–Crippen LogP) is 2.20. The molecule has 0 aromatic heterocycles. The van der Waals surface area contributed by atoms with Crippen LogP contribution in [-0.2, 0) is 21.1 Å². The van der Waals surface area contributed by atoms with E-state index in [2.05, 4.69) is 5.32 Å². The number of sulfone groups is 1. The second-order valence-corrected chi connectivity index (χ2v) is 8.14. The predicted molar refractivity (Wildman–Crippen MR) is 90.8 cm³/mol. The molecule has 1 aliphatic heterocycles. The minimum atomic E-state index is -2.96. The Balaban J connectivity index is 1.59. The van der Waals surface area contributed by atoms with Crippen LogP contribution in [0.4, 0.5) is 0 Å². The van der Waals surface area contributed by atoms with Gasteiger partial charge in [0, 0.05) is 6.04 Å². The van der Waals surface area contributed by atoms with E-state index in [0.29, 0.717) is 6.42 Å². The molecule has 0 unspecified atom stereocenters. The number of carbonyl (C=O) groups excluding carboxylic acids is 1. The molecule has 0 bridgehead atoms. The molecule has 0 saturated carbocycles. The van der Waals surface area contributed by atoms with Gasteiger partial charge in [0.05, 0.1) is 17.9 Å². The Labute approximate surface area is 136 Å². The van der Waals surface area contributed by atoms with Crippen LogP contribution >= 0.6 is 0 Å². The number of hydrogen-bond donors (Lipinski definition) is 1. The van der Waals surface area contributed by atoms with Gasteiger partial charge in [0.15, 0.2) is 9.84 Å². The second kappa shape index (κ2) is 6.54. The Morgan fingerprint density at radius 3 is 2.26 bits per heavy atom. The Morgan fingerprint density at radius 2 is 1.65 bits per heavy atom. The van der Waals surface area contributed by atoms with Crippen molar-refractivity contribution in [2.24, 2.45) is 0 Å². The quantitative estimate of drug-likeness (QED) is 0.935. The highest BCUT2D eigenvalue weighted by Gasteiger charge is 2.28. The third kappa shape index (κ3) is 4.20. The van der Waals surface area contributed by atoms with Gasteiger partial charge in [-0.25, -0.2) is 8.42 Å². The number of rotatable bonds is 4. The fourth-order valence-corrected chi connectivity index (χ4v) is 4.49. The van der Waals surface area contributed by atoms with Crippen molar-refractivity contribution in [3.05, 3.63) is 60.2 Å². The van der Waals surface area contributed by atoms with E-state index in [4.69, 9.17) is 0 Å². The lowest BCUT2D eigenvalue weighted by Gasteiger charge is -2.11. The van der Waals surface area contributed by atoms with Crippen LogP contribution in [0.5, 0.6) is 0 Å². The Kier molecular flexibility index (Phi) is 4.48. The lowest BCUT2D eigenvalue weighted by atomic mass is 10.0. The second-order valence-electron chi connectivity index (χ2n) is 5.91. The van der Waals surface area contributed by atoms with E-state index >= 15 is 0 Å². The molecule has 1 aliphatic rings. The van der Waals surface area contributed by atoms with Gasteiger partial charge in [-0.05, 0) is 23.1 Å². The summed E-state index contributed by atoms with van der Waals surface area (Å²) in [6.45, 7) is 0. The Morgan fingerprint density at radius 1 is 1.00 bits per heavy atom. The maximum atomic E-state index is 12.0. The standard InChI is InChI=1S/C18H19NO3S/c20-18(19-17-10-11-23(21,22)13-17)12-14-6-8-16(9-7-14)15-4-2-1-3-5-15/h1-9,17H,10-13H2,(H,19,20)/t17-/m0/s1. The summed E-state index contributed by atoms with van der Waals surface area (Å²) in [6, 6.07) is 17.7. The molecule has 1 fully saturated rings. The molecule has 0 radical (unpaired) electrons. The van der Waals surface area contributed by atoms with Gasteiger partial charge in [-0.15, -0.1) is 0 Å². The summed E-state index contributed by atoms with van der Waals surface area (Å²) in [4.78, 5) is 12.0. The SMILES string of the molecule is O=C(Cc1ccc(-c2ccccc2)cc1)N[C@H]1CCS(=O)(=O)C1. The maximum absolute atomic E-state index is 12.0. The maximum Gasteiger partial charge on any atom is 0.224 e. The summed E-state index contributed by atoms with van der Waals surface area (Å²) in [5.41, 5.74) is 3.17. The summed E-state index contributed by atoms with van der Waals surface area (Å²) >= 11 is 0. The van der Waals surface area contributed by atoms with Gasteiger partial charge in [0.1, 0.15) is 0 Å². The molecule has 2 aromatic rings. The van der Waals surface area contributed by atoms with Crippen molar-refractivity contribution in [3.8, 4) is 11.1 Å². The zero-order chi connectivity index (χ0) is 16.3. The van der Waals surface area contributed by atoms with E-state index in [-0.39, 0.29) is 29.9 Å². The van der Waals surface area contributed by atoms with Gasteiger partial charge < -0.3 is 5.32 Å². The van der Waals surface area contributed by atoms with Crippen LogP contribution in [0.1, 0.15) is 12.0 Å². The third-order valence-electron chi connectivity index (χ3n) is 4.02. The number of amides is 1. The topological polar surface area (TPSA) is 63.2 Å². The molecule has 4 nitrogen and oxygen atoms in total. The fraction of sp³-hybridized carbons (Fsp3) is 0.278. The molecule has 1 atom stereocenters. The molecule has 1 heterocycles. The average molecular weight is 329 g/mol. The first-order valence-electron chi connectivity index (χ1n) is 7.66. The van der Waals surface area contributed by atoms with Crippen LogP contribution in [-0.4, -0.2) is 31.9 Å². The van der Waals surface area contributed by atoms with Gasteiger partial charge in [0.2, 0.25) is 5.91 Å². The summed E-state index contributed by atoms with van der Waals surface area (Å²) in [6.07, 6.45) is 0.784. The van der Waals surface area contributed by atoms with E-state index in [9.17, 15) is 13.2 Å². The van der Waals surface area contributed by atoms with Gasteiger partial charge in [0.25, 0.3) is 0 Å². The zero-order valence-electron chi connectivity index (χ0n) is 12.7. The summed E-state index contributed by atoms with van der Waals surface area (Å²) in [7, 11) is -2.96. The molecule has 3 rings (SSSR count). The molecular formula is C18H19NO3S. The third-order valence-corrected chi connectivity index (χ3v) is 5.79. The van der Waals surface area contributed by atoms with Crippen LogP contribution in [0.15, 0.2) is 54.6 Å². The summed E-state index contributed by atoms with van der Waals surface area (Å²) in [5.74, 6) is 0.106. The molecule has 2 aromatic carbocycles. The molecule has 5 heteroatoms. The Bertz CT molecular complexity index is 783. The highest BCUT2D eigenvalue weighted by Crippen LogP contribution is 2.19. The van der Waals surface area contributed by atoms with Gasteiger partial charge in [-0.3, -0.25) is 4.79 Å². The zero-order valence-corrected chi connectivity index (χ0v) is 13.6. The van der Waals surface area contributed by atoms with E-state index in [0.717, 1.165) is 16.7 Å². The van der Waals surface area contributed by atoms with Crippen molar-refractivity contribution < 1.29 is 13.2 Å². The number of nitrogens with one attached hydrogen (secondary N) is 1. The minimum Gasteiger partial charge on any atom is -0.352 e. The van der Waals surface area contributed by atoms with Gasteiger partial charge in [-0.1, -0.05) is 54.6 Å². The van der Waals surface area contributed by atoms with E-state index in [1.807, 2.05) is 54.6 Å². The number of benzene rings is 2. The number of hydrogen-bond acceptors (Lipinski definition) is 3. The lowest BCUT2D eigenvalue weighted by Crippen LogP contribution is -2.36. The first-order valence-corrected chi connectivity index (χ1v) is 9.48. The normalized spacial score (nSPS) is 19.4. The van der Waals surface area contributed by atoms with Crippen LogP contribution in [0.2, 0.25) is 0 Å². The van der Waals surface area contributed by atoms with Crippen molar-refractivity contribution in [2.75, 3.05) is 11.5 Å². The summed E-state index contributed by atoms with van der Waals surface area (Å²) < 4.78 is 22.8. The highest BCUT2D eigenvalue weighted by molar-refractivity contribution is 7.91. The van der Waals surface area contributed by atoms with Crippen molar-refractivity contribution in [1.29, 1.82) is 0 Å². The first-order chi connectivity index (χ1) is 11.0. The average Bonchev–Trinajstić information content (AvgIpc) is 2.87. The van der Waals surface area contributed by atoms with Crippen molar-refractivity contribution in [2.45, 2.75) is 18.9 Å². The van der Waals surface area contributed by atoms with E-state index in [1.165, 1.54) is 0 Å². The molecule has 0 spiro atoms. The fourth-order valence-electron chi connectivity index (χ4n) is 2.82. The summed E-state index contributed by atoms with van der Waals surface area (Å²) in [5, 5.41) is 2.81. The number of carbonyl (C=O) groups is 1. The van der Waals surface area contributed by atoms with E-state index in [1.54, 1.807) is 0 Å². The van der Waals surface area contributed by atoms with Crippen LogP contribution < -0.4 is 5.32 Å². The minimum absolute atomic E-state index is 0.0612.